The van der Waals surface area contributed by atoms with Crippen molar-refractivity contribution < 1.29 is 19.2 Å². The number of nitro benzene ring substituents is 1. The maximum atomic E-state index is 13.2. The molecule has 0 aromatic heterocycles. The van der Waals surface area contributed by atoms with Crippen molar-refractivity contribution in [3.05, 3.63) is 69.0 Å². The Balaban J connectivity index is 2.23. The lowest BCUT2D eigenvalue weighted by molar-refractivity contribution is -0.386. The van der Waals surface area contributed by atoms with E-state index in [1.54, 1.807) is 19.1 Å². The van der Waals surface area contributed by atoms with Gasteiger partial charge in [0.05, 0.1) is 11.5 Å². The highest BCUT2D eigenvalue weighted by atomic mass is 19.1. The zero-order chi connectivity index (χ0) is 15.4. The van der Waals surface area contributed by atoms with Crippen LogP contribution in [0.4, 0.5) is 10.1 Å². The molecule has 21 heavy (non-hydrogen) atoms. The topological polar surface area (TPSA) is 72.6 Å². The van der Waals surface area contributed by atoms with E-state index < -0.39 is 4.92 Å². The Hall–Kier alpha value is -2.47. The smallest absolute Gasteiger partial charge is 0.311 e. The van der Waals surface area contributed by atoms with Crippen molar-refractivity contribution in [1.29, 1.82) is 0 Å². The largest absolute Gasteiger partial charge is 0.482 e. The van der Waals surface area contributed by atoms with Gasteiger partial charge in [0, 0.05) is 6.07 Å². The third kappa shape index (κ3) is 3.55. The molecule has 0 fully saturated rings. The number of halogens is 1. The van der Waals surface area contributed by atoms with Crippen LogP contribution < -0.4 is 4.74 Å². The second-order valence-electron chi connectivity index (χ2n) is 4.58. The Morgan fingerprint density at radius 1 is 1.29 bits per heavy atom. The minimum absolute atomic E-state index is 0.0307. The van der Waals surface area contributed by atoms with Crippen LogP contribution in [-0.4, -0.2) is 10.0 Å². The van der Waals surface area contributed by atoms with E-state index >= 15 is 0 Å². The van der Waals surface area contributed by atoms with E-state index in [-0.39, 0.29) is 30.5 Å². The molecule has 5 nitrogen and oxygen atoms in total. The maximum Gasteiger partial charge on any atom is 0.311 e. The minimum Gasteiger partial charge on any atom is -0.482 e. The van der Waals surface area contributed by atoms with E-state index in [1.807, 2.05) is 0 Å². The van der Waals surface area contributed by atoms with Gasteiger partial charge in [-0.25, -0.2) is 4.39 Å². The third-order valence-electron chi connectivity index (χ3n) is 3.10. The van der Waals surface area contributed by atoms with Crippen molar-refractivity contribution >= 4 is 5.69 Å². The van der Waals surface area contributed by atoms with Crippen LogP contribution in [-0.2, 0) is 13.2 Å². The van der Waals surface area contributed by atoms with Crippen LogP contribution in [0.25, 0.3) is 0 Å². The summed E-state index contributed by atoms with van der Waals surface area (Å²) in [6.07, 6.45) is 0. The number of ether oxygens (including phenoxy) is 1. The number of aliphatic hydroxyl groups is 1. The highest BCUT2D eigenvalue weighted by molar-refractivity contribution is 5.48. The summed E-state index contributed by atoms with van der Waals surface area (Å²) in [7, 11) is 0. The molecule has 0 atom stereocenters. The van der Waals surface area contributed by atoms with Crippen LogP contribution in [0.15, 0.2) is 36.4 Å². The molecule has 1 N–H and O–H groups in total. The van der Waals surface area contributed by atoms with Gasteiger partial charge in [0.15, 0.2) is 5.75 Å². The average Bonchev–Trinajstić information content (AvgIpc) is 2.48. The van der Waals surface area contributed by atoms with Crippen molar-refractivity contribution in [2.45, 2.75) is 20.1 Å². The first-order valence-electron chi connectivity index (χ1n) is 6.27. The SMILES string of the molecule is Cc1ccc(F)cc1COc1ccc(CO)cc1[N+](=O)[O-]. The second-order valence-corrected chi connectivity index (χ2v) is 4.58. The number of aliphatic hydroxyl groups excluding tert-OH is 1. The highest BCUT2D eigenvalue weighted by Crippen LogP contribution is 2.29. The molecule has 0 aliphatic rings. The molecule has 0 aliphatic heterocycles. The van der Waals surface area contributed by atoms with Gasteiger partial charge in [-0.05, 0) is 41.8 Å². The Bertz CT molecular complexity index is 673. The molecule has 2 rings (SSSR count). The van der Waals surface area contributed by atoms with Gasteiger partial charge >= 0.3 is 5.69 Å². The van der Waals surface area contributed by atoms with E-state index in [0.717, 1.165) is 5.56 Å². The average molecular weight is 291 g/mol. The third-order valence-corrected chi connectivity index (χ3v) is 3.10. The zero-order valence-corrected chi connectivity index (χ0v) is 11.4. The van der Waals surface area contributed by atoms with Crippen LogP contribution >= 0.6 is 0 Å². The van der Waals surface area contributed by atoms with Crippen LogP contribution in [0.1, 0.15) is 16.7 Å². The van der Waals surface area contributed by atoms with E-state index in [1.165, 1.54) is 24.3 Å². The number of hydrogen-bond acceptors (Lipinski definition) is 4. The summed E-state index contributed by atoms with van der Waals surface area (Å²) < 4.78 is 18.6. The molecular weight excluding hydrogens is 277 g/mol. The van der Waals surface area contributed by atoms with Crippen molar-refractivity contribution in [3.63, 3.8) is 0 Å². The van der Waals surface area contributed by atoms with E-state index in [4.69, 9.17) is 9.84 Å². The molecule has 0 spiro atoms. The number of nitro groups is 1. The van der Waals surface area contributed by atoms with Gasteiger partial charge in [-0.2, -0.15) is 0 Å². The fraction of sp³-hybridized carbons (Fsp3) is 0.200. The Morgan fingerprint density at radius 3 is 2.71 bits per heavy atom. The van der Waals surface area contributed by atoms with Crippen LogP contribution in [0.3, 0.4) is 0 Å². The van der Waals surface area contributed by atoms with Gasteiger partial charge in [-0.15, -0.1) is 0 Å². The predicted molar refractivity (Wildman–Crippen MR) is 74.5 cm³/mol. The molecule has 2 aromatic rings. The fourth-order valence-corrected chi connectivity index (χ4v) is 1.88. The van der Waals surface area contributed by atoms with Crippen molar-refractivity contribution in [1.82, 2.24) is 0 Å². The van der Waals surface area contributed by atoms with Gasteiger partial charge in [0.2, 0.25) is 0 Å². The highest BCUT2D eigenvalue weighted by Gasteiger charge is 2.16. The van der Waals surface area contributed by atoms with Crippen LogP contribution in [0.5, 0.6) is 5.75 Å². The van der Waals surface area contributed by atoms with Gasteiger partial charge in [0.25, 0.3) is 0 Å². The van der Waals surface area contributed by atoms with Crippen LogP contribution in [0, 0.1) is 22.9 Å². The molecule has 110 valence electrons. The summed E-state index contributed by atoms with van der Waals surface area (Å²) in [6.45, 7) is 1.55. The first-order chi connectivity index (χ1) is 10.0. The number of aryl methyl sites for hydroxylation is 1. The maximum absolute atomic E-state index is 13.2. The van der Waals surface area contributed by atoms with Gasteiger partial charge in [0.1, 0.15) is 12.4 Å². The quantitative estimate of drug-likeness (QED) is 0.678. The fourth-order valence-electron chi connectivity index (χ4n) is 1.88. The normalized spacial score (nSPS) is 10.4. The van der Waals surface area contributed by atoms with Gasteiger partial charge < -0.3 is 9.84 Å². The number of benzene rings is 2. The molecule has 0 radical (unpaired) electrons. The van der Waals surface area contributed by atoms with Gasteiger partial charge in [-0.3, -0.25) is 10.1 Å². The van der Waals surface area contributed by atoms with Crippen molar-refractivity contribution in [2.75, 3.05) is 0 Å². The summed E-state index contributed by atoms with van der Waals surface area (Å²) in [6, 6.07) is 8.53. The lowest BCUT2D eigenvalue weighted by Crippen LogP contribution is -2.02. The molecule has 0 bridgehead atoms. The molecule has 0 saturated carbocycles. The molecular formula is C15H14FNO4. The summed E-state index contributed by atoms with van der Waals surface area (Å²) >= 11 is 0. The van der Waals surface area contributed by atoms with E-state index in [9.17, 15) is 14.5 Å². The first-order valence-corrected chi connectivity index (χ1v) is 6.27. The molecule has 0 saturated heterocycles. The molecule has 0 heterocycles. The number of rotatable bonds is 5. The Kier molecular flexibility index (Phi) is 4.49. The molecule has 0 unspecified atom stereocenters. The Morgan fingerprint density at radius 2 is 2.05 bits per heavy atom. The first kappa shape index (κ1) is 14.9. The van der Waals surface area contributed by atoms with Crippen LogP contribution in [0.2, 0.25) is 0 Å². The standard InChI is InChI=1S/C15H14FNO4/c1-10-2-4-13(16)7-12(10)9-21-15-5-3-11(8-18)6-14(15)17(19)20/h2-7,18H,8-9H2,1H3. The molecule has 2 aromatic carbocycles. The monoisotopic (exact) mass is 291 g/mol. The number of hydrogen-bond donors (Lipinski definition) is 1. The second kappa shape index (κ2) is 6.32. The Labute approximate surface area is 120 Å². The lowest BCUT2D eigenvalue weighted by Gasteiger charge is -2.10. The number of nitrogens with zero attached hydrogens (tertiary/aromatic N) is 1. The van der Waals surface area contributed by atoms with E-state index in [2.05, 4.69) is 0 Å². The predicted octanol–water partition coefficient (Wildman–Crippen LogP) is 3.11. The van der Waals surface area contributed by atoms with E-state index in [0.29, 0.717) is 11.1 Å². The van der Waals surface area contributed by atoms with Crippen molar-refractivity contribution in [2.24, 2.45) is 0 Å². The van der Waals surface area contributed by atoms with Gasteiger partial charge in [-0.1, -0.05) is 12.1 Å². The summed E-state index contributed by atoms with van der Waals surface area (Å²) in [4.78, 5) is 10.4. The zero-order valence-electron chi connectivity index (χ0n) is 11.4. The summed E-state index contributed by atoms with van der Waals surface area (Å²) in [5, 5.41) is 20.0. The molecule has 0 amide bonds. The lowest BCUT2D eigenvalue weighted by atomic mass is 10.1. The van der Waals surface area contributed by atoms with Crippen molar-refractivity contribution in [3.8, 4) is 5.75 Å². The molecule has 6 heteroatoms. The minimum atomic E-state index is -0.576. The summed E-state index contributed by atoms with van der Waals surface area (Å²) in [5.41, 5.74) is 1.66. The molecule has 0 aliphatic carbocycles. The summed E-state index contributed by atoms with van der Waals surface area (Å²) in [5.74, 6) is -0.301.